The molecule has 1 atom stereocenters. The predicted molar refractivity (Wildman–Crippen MR) is 94.8 cm³/mol. The molecule has 0 radical (unpaired) electrons. The van der Waals surface area contributed by atoms with Crippen molar-refractivity contribution in [2.75, 3.05) is 11.9 Å². The Bertz CT molecular complexity index is 842. The van der Waals surface area contributed by atoms with Gasteiger partial charge in [-0.15, -0.1) is 0 Å². The van der Waals surface area contributed by atoms with Gasteiger partial charge < -0.3 is 10.2 Å². The highest BCUT2D eigenvalue weighted by Gasteiger charge is 2.34. The van der Waals surface area contributed by atoms with Gasteiger partial charge in [0.2, 0.25) is 11.8 Å². The standard InChI is InChI=1S/C19H16ClN3O2/c20-16-6-4-13(5-7-16)11-23-12-15(9-18(23)24)19(25)22-17-3-1-2-14(8-17)10-21/h1-8,15H,9,11-12H2,(H,22,25). The fourth-order valence-electron chi connectivity index (χ4n) is 2.82. The average molecular weight is 354 g/mol. The summed E-state index contributed by atoms with van der Waals surface area (Å²) in [5.74, 6) is -0.645. The second-order valence-electron chi connectivity index (χ2n) is 5.98. The SMILES string of the molecule is N#Cc1cccc(NC(=O)C2CC(=O)N(Cc3ccc(Cl)cc3)C2)c1. The zero-order chi connectivity index (χ0) is 17.8. The van der Waals surface area contributed by atoms with Gasteiger partial charge in [-0.05, 0) is 35.9 Å². The van der Waals surface area contributed by atoms with E-state index < -0.39 is 5.92 Å². The van der Waals surface area contributed by atoms with E-state index in [0.717, 1.165) is 5.56 Å². The smallest absolute Gasteiger partial charge is 0.229 e. The minimum absolute atomic E-state index is 0.0409. The van der Waals surface area contributed by atoms with Gasteiger partial charge in [0.05, 0.1) is 17.6 Å². The molecule has 1 heterocycles. The Morgan fingerprint density at radius 2 is 2.04 bits per heavy atom. The molecule has 1 N–H and O–H groups in total. The van der Waals surface area contributed by atoms with E-state index in [4.69, 9.17) is 16.9 Å². The van der Waals surface area contributed by atoms with Gasteiger partial charge in [0.1, 0.15) is 0 Å². The molecule has 0 saturated carbocycles. The molecule has 1 fully saturated rings. The van der Waals surface area contributed by atoms with Crippen LogP contribution in [0.2, 0.25) is 5.02 Å². The zero-order valence-electron chi connectivity index (χ0n) is 13.4. The van der Waals surface area contributed by atoms with Crippen LogP contribution in [0.25, 0.3) is 0 Å². The minimum Gasteiger partial charge on any atom is -0.338 e. The zero-order valence-corrected chi connectivity index (χ0v) is 14.2. The number of hydrogen-bond acceptors (Lipinski definition) is 3. The van der Waals surface area contributed by atoms with Gasteiger partial charge in [0.15, 0.2) is 0 Å². The van der Waals surface area contributed by atoms with Crippen LogP contribution in [-0.4, -0.2) is 23.3 Å². The van der Waals surface area contributed by atoms with Crippen molar-refractivity contribution in [2.45, 2.75) is 13.0 Å². The molecule has 1 saturated heterocycles. The van der Waals surface area contributed by atoms with Gasteiger partial charge >= 0.3 is 0 Å². The molecule has 6 heteroatoms. The Hall–Kier alpha value is -2.84. The molecule has 0 bridgehead atoms. The molecule has 1 unspecified atom stereocenters. The van der Waals surface area contributed by atoms with Gasteiger partial charge in [-0.1, -0.05) is 29.8 Å². The fraction of sp³-hybridized carbons (Fsp3) is 0.211. The average Bonchev–Trinajstić information content (AvgIpc) is 2.98. The van der Waals surface area contributed by atoms with Crippen molar-refractivity contribution in [1.82, 2.24) is 4.90 Å². The summed E-state index contributed by atoms with van der Waals surface area (Å²) in [7, 11) is 0. The summed E-state index contributed by atoms with van der Waals surface area (Å²) in [6.45, 7) is 0.842. The van der Waals surface area contributed by atoms with E-state index in [2.05, 4.69) is 5.32 Å². The summed E-state index contributed by atoms with van der Waals surface area (Å²) in [6.07, 6.45) is 0.192. The van der Waals surface area contributed by atoms with E-state index >= 15 is 0 Å². The lowest BCUT2D eigenvalue weighted by Crippen LogP contribution is -2.28. The number of carbonyl (C=O) groups excluding carboxylic acids is 2. The monoisotopic (exact) mass is 353 g/mol. The highest BCUT2D eigenvalue weighted by Crippen LogP contribution is 2.22. The topological polar surface area (TPSA) is 73.2 Å². The first-order chi connectivity index (χ1) is 12.0. The number of nitrogens with one attached hydrogen (secondary N) is 1. The second kappa shape index (κ2) is 7.37. The van der Waals surface area contributed by atoms with Gasteiger partial charge in [0, 0.05) is 30.2 Å². The molecule has 1 aliphatic rings. The number of anilines is 1. The number of carbonyl (C=O) groups is 2. The summed E-state index contributed by atoms with van der Waals surface area (Å²) in [4.78, 5) is 26.3. The van der Waals surface area contributed by atoms with Gasteiger partial charge in [-0.2, -0.15) is 5.26 Å². The van der Waals surface area contributed by atoms with Crippen molar-refractivity contribution in [3.05, 3.63) is 64.7 Å². The van der Waals surface area contributed by atoms with Crippen LogP contribution in [0.3, 0.4) is 0 Å². The first-order valence-corrected chi connectivity index (χ1v) is 8.26. The van der Waals surface area contributed by atoms with Crippen LogP contribution < -0.4 is 5.32 Å². The highest BCUT2D eigenvalue weighted by molar-refractivity contribution is 6.30. The summed E-state index contributed by atoms with van der Waals surface area (Å²) in [5, 5.41) is 12.3. The van der Waals surface area contributed by atoms with Gasteiger partial charge in [0.25, 0.3) is 0 Å². The molecule has 2 amide bonds. The molecule has 25 heavy (non-hydrogen) atoms. The van der Waals surface area contributed by atoms with Crippen LogP contribution >= 0.6 is 11.6 Å². The van der Waals surface area contributed by atoms with E-state index in [1.54, 1.807) is 41.3 Å². The molecule has 0 aliphatic carbocycles. The maximum absolute atomic E-state index is 12.4. The molecule has 5 nitrogen and oxygen atoms in total. The highest BCUT2D eigenvalue weighted by atomic mass is 35.5. The summed E-state index contributed by atoms with van der Waals surface area (Å²) >= 11 is 5.87. The lowest BCUT2D eigenvalue weighted by atomic mass is 10.1. The van der Waals surface area contributed by atoms with E-state index in [-0.39, 0.29) is 18.2 Å². The van der Waals surface area contributed by atoms with Crippen LogP contribution in [0, 0.1) is 17.2 Å². The van der Waals surface area contributed by atoms with E-state index in [0.29, 0.717) is 29.4 Å². The van der Waals surface area contributed by atoms with E-state index in [1.165, 1.54) is 0 Å². The van der Waals surface area contributed by atoms with Crippen LogP contribution in [-0.2, 0) is 16.1 Å². The number of halogens is 1. The minimum atomic E-state index is -0.398. The van der Waals surface area contributed by atoms with Crippen molar-refractivity contribution in [1.29, 1.82) is 5.26 Å². The first-order valence-electron chi connectivity index (χ1n) is 7.88. The molecular weight excluding hydrogens is 338 g/mol. The molecule has 1 aliphatic heterocycles. The first kappa shape index (κ1) is 17.0. The van der Waals surface area contributed by atoms with Crippen LogP contribution in [0.15, 0.2) is 48.5 Å². The maximum atomic E-state index is 12.4. The predicted octanol–water partition coefficient (Wildman–Crippen LogP) is 3.20. The Kier molecular flexibility index (Phi) is 5.01. The number of benzene rings is 2. The Morgan fingerprint density at radius 3 is 2.76 bits per heavy atom. The Labute approximate surface area is 150 Å². The molecule has 2 aromatic rings. The summed E-state index contributed by atoms with van der Waals surface area (Å²) in [6, 6.07) is 16.1. The molecule has 126 valence electrons. The summed E-state index contributed by atoms with van der Waals surface area (Å²) in [5.41, 5.74) is 2.01. The van der Waals surface area contributed by atoms with Crippen LogP contribution in [0.4, 0.5) is 5.69 Å². The van der Waals surface area contributed by atoms with Crippen molar-refractivity contribution in [3.8, 4) is 6.07 Å². The molecule has 2 aromatic carbocycles. The van der Waals surface area contributed by atoms with Crippen molar-refractivity contribution < 1.29 is 9.59 Å². The Balaban J connectivity index is 1.62. The largest absolute Gasteiger partial charge is 0.338 e. The number of nitrogens with zero attached hydrogens (tertiary/aromatic N) is 2. The lowest BCUT2D eigenvalue weighted by Gasteiger charge is -2.17. The van der Waals surface area contributed by atoms with Crippen molar-refractivity contribution in [2.24, 2.45) is 5.92 Å². The van der Waals surface area contributed by atoms with Gasteiger partial charge in [-0.25, -0.2) is 0 Å². The third-order valence-corrected chi connectivity index (χ3v) is 4.38. The van der Waals surface area contributed by atoms with E-state index in [9.17, 15) is 9.59 Å². The quantitative estimate of drug-likeness (QED) is 0.917. The van der Waals surface area contributed by atoms with E-state index in [1.807, 2.05) is 18.2 Å². The maximum Gasteiger partial charge on any atom is 0.229 e. The molecule has 0 aromatic heterocycles. The lowest BCUT2D eigenvalue weighted by molar-refractivity contribution is -0.128. The number of rotatable bonds is 4. The number of likely N-dealkylation sites (tertiary alicyclic amines) is 1. The number of nitriles is 1. The Morgan fingerprint density at radius 1 is 1.28 bits per heavy atom. The van der Waals surface area contributed by atoms with Crippen LogP contribution in [0.5, 0.6) is 0 Å². The second-order valence-corrected chi connectivity index (χ2v) is 6.42. The third kappa shape index (κ3) is 4.17. The molecular formula is C19H16ClN3O2. The third-order valence-electron chi connectivity index (χ3n) is 4.13. The van der Waals surface area contributed by atoms with Crippen molar-refractivity contribution in [3.63, 3.8) is 0 Å². The van der Waals surface area contributed by atoms with Crippen LogP contribution in [0.1, 0.15) is 17.5 Å². The van der Waals surface area contributed by atoms with Gasteiger partial charge in [-0.3, -0.25) is 9.59 Å². The number of hydrogen-bond donors (Lipinski definition) is 1. The molecule has 0 spiro atoms. The van der Waals surface area contributed by atoms with Crippen molar-refractivity contribution >= 4 is 29.1 Å². The normalized spacial score (nSPS) is 16.6. The fourth-order valence-corrected chi connectivity index (χ4v) is 2.95. The summed E-state index contributed by atoms with van der Waals surface area (Å²) < 4.78 is 0. The molecule has 3 rings (SSSR count). The number of amides is 2.